The third-order valence-electron chi connectivity index (χ3n) is 1.69. The zero-order valence-corrected chi connectivity index (χ0v) is 8.76. The normalized spacial score (nSPS) is 13.8. The first-order valence-electron chi connectivity index (χ1n) is 4.54. The molecule has 0 spiro atoms. The summed E-state index contributed by atoms with van der Waals surface area (Å²) >= 11 is 0. The van der Waals surface area contributed by atoms with E-state index in [1.165, 1.54) is 6.42 Å². The maximum Gasteiger partial charge on any atom is 0.0613 e. The molecule has 3 nitrogen and oxygen atoms in total. The lowest BCUT2D eigenvalue weighted by atomic mass is 10.3. The van der Waals surface area contributed by atoms with E-state index in [1.807, 2.05) is 0 Å². The van der Waals surface area contributed by atoms with E-state index in [4.69, 9.17) is 4.74 Å². The molecule has 1 atom stereocenters. The molecule has 0 fully saturated rings. The fraction of sp³-hybridized carbons (Fsp3) is 1.00. The minimum Gasteiger partial charge on any atom is -0.383 e. The van der Waals surface area contributed by atoms with Gasteiger partial charge in [0.2, 0.25) is 0 Å². The summed E-state index contributed by atoms with van der Waals surface area (Å²) in [6, 6.07) is 0.470. The quantitative estimate of drug-likeness (QED) is 0.571. The first kappa shape index (κ1) is 11.9. The van der Waals surface area contributed by atoms with Gasteiger partial charge >= 0.3 is 0 Å². The van der Waals surface area contributed by atoms with E-state index >= 15 is 0 Å². The van der Waals surface area contributed by atoms with Crippen molar-refractivity contribution in [1.29, 1.82) is 0 Å². The summed E-state index contributed by atoms with van der Waals surface area (Å²) in [6.45, 7) is 5.15. The van der Waals surface area contributed by atoms with E-state index < -0.39 is 0 Å². The van der Waals surface area contributed by atoms with Gasteiger partial charge in [-0.2, -0.15) is 0 Å². The zero-order chi connectivity index (χ0) is 9.40. The summed E-state index contributed by atoms with van der Waals surface area (Å²) in [7, 11) is 5.93. The predicted octanol–water partition coefficient (Wildman–Crippen LogP) is 0.563. The number of methoxy groups -OCH3 is 1. The minimum atomic E-state index is 0.470. The second-order valence-corrected chi connectivity index (χ2v) is 3.47. The lowest BCUT2D eigenvalue weighted by Crippen LogP contribution is -2.32. The second-order valence-electron chi connectivity index (χ2n) is 3.47. The fourth-order valence-corrected chi connectivity index (χ4v) is 1.05. The Kier molecular flexibility index (Phi) is 7.45. The van der Waals surface area contributed by atoms with Crippen molar-refractivity contribution in [3.63, 3.8) is 0 Å². The molecule has 0 aliphatic heterocycles. The van der Waals surface area contributed by atoms with Gasteiger partial charge in [-0.25, -0.2) is 0 Å². The number of nitrogens with zero attached hydrogens (tertiary/aromatic N) is 1. The van der Waals surface area contributed by atoms with E-state index in [9.17, 15) is 0 Å². The molecule has 0 saturated heterocycles. The molecule has 0 rings (SSSR count). The van der Waals surface area contributed by atoms with Gasteiger partial charge in [0.25, 0.3) is 0 Å². The van der Waals surface area contributed by atoms with Gasteiger partial charge in [0.05, 0.1) is 6.61 Å². The number of hydrogen-bond donors (Lipinski definition) is 1. The Morgan fingerprint density at radius 1 is 1.42 bits per heavy atom. The molecule has 1 N–H and O–H groups in total. The average molecular weight is 174 g/mol. The smallest absolute Gasteiger partial charge is 0.0613 e. The van der Waals surface area contributed by atoms with E-state index in [2.05, 4.69) is 31.2 Å². The van der Waals surface area contributed by atoms with Crippen LogP contribution in [-0.2, 0) is 4.74 Å². The van der Waals surface area contributed by atoms with Crippen molar-refractivity contribution in [2.24, 2.45) is 0 Å². The summed E-state index contributed by atoms with van der Waals surface area (Å²) in [4.78, 5) is 2.20. The predicted molar refractivity (Wildman–Crippen MR) is 52.5 cm³/mol. The highest BCUT2D eigenvalue weighted by molar-refractivity contribution is 4.59. The standard InChI is InChI=1S/C9H22N2O/c1-9(8-12-4)10-6-5-7-11(2)3/h9-10H,5-8H2,1-4H3/t9-/m0/s1. The van der Waals surface area contributed by atoms with Crippen LogP contribution in [0.5, 0.6) is 0 Å². The summed E-state index contributed by atoms with van der Waals surface area (Å²) < 4.78 is 5.01. The van der Waals surface area contributed by atoms with Crippen molar-refractivity contribution < 1.29 is 4.74 Å². The van der Waals surface area contributed by atoms with E-state index in [-0.39, 0.29) is 0 Å². The highest BCUT2D eigenvalue weighted by Crippen LogP contribution is 1.85. The lowest BCUT2D eigenvalue weighted by Gasteiger charge is -2.14. The van der Waals surface area contributed by atoms with Crippen molar-refractivity contribution in [2.75, 3.05) is 40.9 Å². The molecular formula is C9H22N2O. The molecule has 0 aromatic rings. The van der Waals surface area contributed by atoms with Gasteiger partial charge in [-0.05, 0) is 40.5 Å². The van der Waals surface area contributed by atoms with E-state index in [1.54, 1.807) is 7.11 Å². The number of rotatable bonds is 7. The first-order valence-corrected chi connectivity index (χ1v) is 4.54. The Hall–Kier alpha value is -0.120. The molecule has 3 heteroatoms. The molecule has 0 aromatic heterocycles. The van der Waals surface area contributed by atoms with Crippen LogP contribution in [0.15, 0.2) is 0 Å². The Morgan fingerprint density at radius 2 is 2.08 bits per heavy atom. The minimum absolute atomic E-state index is 0.470. The van der Waals surface area contributed by atoms with Gasteiger partial charge in [-0.1, -0.05) is 0 Å². The Labute approximate surface area is 76.1 Å². The second kappa shape index (κ2) is 7.53. The maximum absolute atomic E-state index is 5.01. The molecule has 0 aliphatic rings. The monoisotopic (exact) mass is 174 g/mol. The Morgan fingerprint density at radius 3 is 2.58 bits per heavy atom. The van der Waals surface area contributed by atoms with Gasteiger partial charge in [-0.3, -0.25) is 0 Å². The molecule has 74 valence electrons. The van der Waals surface area contributed by atoms with Crippen LogP contribution < -0.4 is 5.32 Å². The summed E-state index contributed by atoms with van der Waals surface area (Å²) in [5, 5.41) is 3.39. The average Bonchev–Trinajstić information content (AvgIpc) is 1.98. The van der Waals surface area contributed by atoms with E-state index in [0.717, 1.165) is 19.7 Å². The van der Waals surface area contributed by atoms with Crippen molar-refractivity contribution >= 4 is 0 Å². The van der Waals surface area contributed by atoms with Gasteiger partial charge in [-0.15, -0.1) is 0 Å². The summed E-state index contributed by atoms with van der Waals surface area (Å²) in [6.07, 6.45) is 1.20. The molecule has 0 bridgehead atoms. The number of nitrogens with one attached hydrogen (secondary N) is 1. The third kappa shape index (κ3) is 7.98. The van der Waals surface area contributed by atoms with Crippen molar-refractivity contribution in [1.82, 2.24) is 10.2 Å². The molecule has 12 heavy (non-hydrogen) atoms. The molecule has 0 heterocycles. The molecule has 0 amide bonds. The van der Waals surface area contributed by atoms with Crippen LogP contribution in [-0.4, -0.2) is 51.8 Å². The lowest BCUT2D eigenvalue weighted by molar-refractivity contribution is 0.172. The van der Waals surface area contributed by atoms with Crippen molar-refractivity contribution in [3.8, 4) is 0 Å². The largest absolute Gasteiger partial charge is 0.383 e. The summed E-state index contributed by atoms with van der Waals surface area (Å²) in [5.74, 6) is 0. The fourth-order valence-electron chi connectivity index (χ4n) is 1.05. The van der Waals surface area contributed by atoms with Crippen LogP contribution in [0.2, 0.25) is 0 Å². The number of ether oxygens (including phenoxy) is 1. The molecule has 0 aliphatic carbocycles. The van der Waals surface area contributed by atoms with Crippen LogP contribution >= 0.6 is 0 Å². The van der Waals surface area contributed by atoms with Gasteiger partial charge in [0, 0.05) is 13.2 Å². The van der Waals surface area contributed by atoms with Crippen LogP contribution in [0.1, 0.15) is 13.3 Å². The zero-order valence-electron chi connectivity index (χ0n) is 8.76. The highest BCUT2D eigenvalue weighted by Gasteiger charge is 1.98. The molecular weight excluding hydrogens is 152 g/mol. The van der Waals surface area contributed by atoms with Gasteiger partial charge in [0.1, 0.15) is 0 Å². The van der Waals surface area contributed by atoms with Gasteiger partial charge < -0.3 is 15.0 Å². The Balaban J connectivity index is 3.08. The first-order chi connectivity index (χ1) is 5.66. The van der Waals surface area contributed by atoms with Gasteiger partial charge in [0.15, 0.2) is 0 Å². The van der Waals surface area contributed by atoms with Crippen LogP contribution in [0.25, 0.3) is 0 Å². The van der Waals surface area contributed by atoms with E-state index in [0.29, 0.717) is 6.04 Å². The Bertz CT molecular complexity index is 96.5. The maximum atomic E-state index is 5.01. The van der Waals surface area contributed by atoms with Crippen LogP contribution in [0.4, 0.5) is 0 Å². The van der Waals surface area contributed by atoms with Crippen LogP contribution in [0, 0.1) is 0 Å². The summed E-state index contributed by atoms with van der Waals surface area (Å²) in [5.41, 5.74) is 0. The number of hydrogen-bond acceptors (Lipinski definition) is 3. The molecule has 0 aromatic carbocycles. The topological polar surface area (TPSA) is 24.5 Å². The third-order valence-corrected chi connectivity index (χ3v) is 1.69. The SMILES string of the molecule is COC[C@H](C)NCCCN(C)C. The van der Waals surface area contributed by atoms with Crippen LogP contribution in [0.3, 0.4) is 0 Å². The molecule has 0 radical (unpaired) electrons. The highest BCUT2D eigenvalue weighted by atomic mass is 16.5. The molecule has 0 saturated carbocycles. The van der Waals surface area contributed by atoms with Crippen molar-refractivity contribution in [3.05, 3.63) is 0 Å². The van der Waals surface area contributed by atoms with Crippen molar-refractivity contribution in [2.45, 2.75) is 19.4 Å². The molecule has 0 unspecified atom stereocenters.